The average molecular weight is 322 g/mol. The van der Waals surface area contributed by atoms with Crippen molar-refractivity contribution in [2.75, 3.05) is 12.3 Å². The summed E-state index contributed by atoms with van der Waals surface area (Å²) < 4.78 is 12.0. The van der Waals surface area contributed by atoms with Crippen molar-refractivity contribution < 1.29 is 4.21 Å². The van der Waals surface area contributed by atoms with E-state index in [4.69, 9.17) is 0 Å². The molecule has 0 amide bonds. The molecule has 2 rings (SSSR count). The van der Waals surface area contributed by atoms with E-state index in [1.807, 2.05) is 6.92 Å². The van der Waals surface area contributed by atoms with Crippen LogP contribution in [0.4, 0.5) is 0 Å². The number of aryl methyl sites for hydroxylation is 1. The minimum Gasteiger partial charge on any atom is -0.314 e. The standard InChI is InChI=1S/C19H31NOS/c1-3-22(21)19-11-7-10-18(14-19)20-15-16(2)12-13-17-8-5-4-6-9-17/h4-6,8-9,16,18-20H,3,7,10-15H2,1-2H3. The SMILES string of the molecule is CCS(=O)C1CCCC(NCC(C)CCc2ccccc2)C1. The summed E-state index contributed by atoms with van der Waals surface area (Å²) in [5, 5.41) is 4.16. The number of benzene rings is 1. The van der Waals surface area contributed by atoms with Gasteiger partial charge in [-0.05, 0) is 50.1 Å². The Kier molecular flexibility index (Phi) is 7.61. The molecular formula is C19H31NOS. The monoisotopic (exact) mass is 321 g/mol. The van der Waals surface area contributed by atoms with Gasteiger partial charge >= 0.3 is 0 Å². The molecule has 4 atom stereocenters. The van der Waals surface area contributed by atoms with Crippen LogP contribution in [0.15, 0.2) is 30.3 Å². The zero-order valence-corrected chi connectivity index (χ0v) is 14.9. The van der Waals surface area contributed by atoms with Gasteiger partial charge in [-0.15, -0.1) is 0 Å². The quantitative estimate of drug-likeness (QED) is 0.786. The Labute approximate surface area is 138 Å². The first kappa shape index (κ1) is 17.7. The molecule has 0 aliphatic heterocycles. The van der Waals surface area contributed by atoms with Crippen LogP contribution in [0, 0.1) is 5.92 Å². The average Bonchev–Trinajstić information content (AvgIpc) is 2.58. The molecule has 0 spiro atoms. The van der Waals surface area contributed by atoms with Crippen molar-refractivity contribution in [2.24, 2.45) is 5.92 Å². The lowest BCUT2D eigenvalue weighted by atomic mass is 9.94. The minimum absolute atomic E-state index is 0.427. The number of rotatable bonds is 8. The van der Waals surface area contributed by atoms with Crippen LogP contribution in [0.25, 0.3) is 0 Å². The highest BCUT2D eigenvalue weighted by Crippen LogP contribution is 2.23. The van der Waals surface area contributed by atoms with Gasteiger partial charge in [0, 0.05) is 27.8 Å². The Balaban J connectivity index is 1.67. The summed E-state index contributed by atoms with van der Waals surface area (Å²) in [6.45, 7) is 5.46. The first-order valence-electron chi connectivity index (χ1n) is 8.83. The highest BCUT2D eigenvalue weighted by molar-refractivity contribution is 7.85. The summed E-state index contributed by atoms with van der Waals surface area (Å²) in [7, 11) is -0.617. The van der Waals surface area contributed by atoms with Gasteiger partial charge in [-0.25, -0.2) is 0 Å². The third-order valence-electron chi connectivity index (χ3n) is 4.81. The summed E-state index contributed by atoms with van der Waals surface area (Å²) in [5.41, 5.74) is 1.44. The van der Waals surface area contributed by atoms with Crippen LogP contribution in [0.2, 0.25) is 0 Å². The first-order chi connectivity index (χ1) is 10.7. The van der Waals surface area contributed by atoms with Crippen molar-refractivity contribution in [3.05, 3.63) is 35.9 Å². The molecule has 124 valence electrons. The Hall–Kier alpha value is -0.670. The van der Waals surface area contributed by atoms with Gasteiger partial charge in [0.2, 0.25) is 0 Å². The van der Waals surface area contributed by atoms with Crippen molar-refractivity contribution in [3.8, 4) is 0 Å². The van der Waals surface area contributed by atoms with Crippen LogP contribution in [0.1, 0.15) is 51.5 Å². The topological polar surface area (TPSA) is 29.1 Å². The van der Waals surface area contributed by atoms with Crippen molar-refractivity contribution in [1.82, 2.24) is 5.32 Å². The fourth-order valence-electron chi connectivity index (χ4n) is 3.33. The third kappa shape index (κ3) is 5.85. The van der Waals surface area contributed by atoms with Crippen LogP contribution in [0.3, 0.4) is 0 Å². The first-order valence-corrected chi connectivity index (χ1v) is 10.2. The van der Waals surface area contributed by atoms with Crippen LogP contribution in [-0.4, -0.2) is 27.8 Å². The highest BCUT2D eigenvalue weighted by atomic mass is 32.2. The fourth-order valence-corrected chi connectivity index (χ4v) is 4.68. The maximum atomic E-state index is 12.0. The van der Waals surface area contributed by atoms with Gasteiger partial charge in [0.15, 0.2) is 0 Å². The van der Waals surface area contributed by atoms with E-state index in [0.717, 1.165) is 31.6 Å². The lowest BCUT2D eigenvalue weighted by Crippen LogP contribution is -2.39. The van der Waals surface area contributed by atoms with Gasteiger partial charge in [-0.1, -0.05) is 50.6 Å². The molecule has 2 nitrogen and oxygen atoms in total. The summed E-state index contributed by atoms with van der Waals surface area (Å²) in [6, 6.07) is 11.3. The lowest BCUT2D eigenvalue weighted by molar-refractivity contribution is 0.350. The molecule has 0 aromatic heterocycles. The molecule has 1 saturated carbocycles. The lowest BCUT2D eigenvalue weighted by Gasteiger charge is -2.30. The molecule has 22 heavy (non-hydrogen) atoms. The summed E-state index contributed by atoms with van der Waals surface area (Å²) in [5.74, 6) is 1.50. The molecule has 0 radical (unpaired) electrons. The number of nitrogens with one attached hydrogen (secondary N) is 1. The van der Waals surface area contributed by atoms with Crippen LogP contribution in [0.5, 0.6) is 0 Å². The zero-order valence-electron chi connectivity index (χ0n) is 14.1. The van der Waals surface area contributed by atoms with Gasteiger partial charge in [0.1, 0.15) is 0 Å². The van der Waals surface area contributed by atoms with E-state index in [1.165, 1.54) is 24.8 Å². The Morgan fingerprint density at radius 1 is 1.27 bits per heavy atom. The van der Waals surface area contributed by atoms with E-state index in [1.54, 1.807) is 0 Å². The predicted octanol–water partition coefficient (Wildman–Crippen LogP) is 3.92. The number of hydrogen-bond donors (Lipinski definition) is 1. The van der Waals surface area contributed by atoms with Gasteiger partial charge in [-0.3, -0.25) is 4.21 Å². The molecule has 4 unspecified atom stereocenters. The molecule has 1 N–H and O–H groups in total. The molecule has 0 saturated heterocycles. The van der Waals surface area contributed by atoms with Crippen molar-refractivity contribution in [1.29, 1.82) is 0 Å². The summed E-state index contributed by atoms with van der Waals surface area (Å²) in [6.07, 6.45) is 7.13. The third-order valence-corrected chi connectivity index (χ3v) is 6.55. The van der Waals surface area contributed by atoms with Crippen LogP contribution < -0.4 is 5.32 Å². The highest BCUT2D eigenvalue weighted by Gasteiger charge is 2.25. The molecule has 1 aliphatic rings. The molecular weight excluding hydrogens is 290 g/mol. The molecule has 0 bridgehead atoms. The fraction of sp³-hybridized carbons (Fsp3) is 0.684. The van der Waals surface area contributed by atoms with Crippen molar-refractivity contribution >= 4 is 10.8 Å². The molecule has 1 aromatic carbocycles. The maximum Gasteiger partial charge on any atom is 0.0362 e. The van der Waals surface area contributed by atoms with E-state index in [0.29, 0.717) is 17.2 Å². The largest absolute Gasteiger partial charge is 0.314 e. The second-order valence-corrected chi connectivity index (χ2v) is 8.70. The smallest absolute Gasteiger partial charge is 0.0362 e. The van der Waals surface area contributed by atoms with Gasteiger partial charge in [0.05, 0.1) is 0 Å². The Bertz CT molecular complexity index is 448. The van der Waals surface area contributed by atoms with Crippen LogP contribution >= 0.6 is 0 Å². The van der Waals surface area contributed by atoms with Gasteiger partial charge in [0.25, 0.3) is 0 Å². The summed E-state index contributed by atoms with van der Waals surface area (Å²) in [4.78, 5) is 0. The second-order valence-electron chi connectivity index (χ2n) is 6.69. The molecule has 3 heteroatoms. The Morgan fingerprint density at radius 2 is 2.05 bits per heavy atom. The van der Waals surface area contributed by atoms with E-state index in [9.17, 15) is 4.21 Å². The maximum absolute atomic E-state index is 12.0. The normalized spacial score (nSPS) is 24.8. The van der Waals surface area contributed by atoms with E-state index >= 15 is 0 Å². The zero-order chi connectivity index (χ0) is 15.8. The van der Waals surface area contributed by atoms with Crippen molar-refractivity contribution in [2.45, 2.75) is 63.7 Å². The van der Waals surface area contributed by atoms with Gasteiger partial charge in [-0.2, -0.15) is 0 Å². The van der Waals surface area contributed by atoms with E-state index in [2.05, 4.69) is 42.6 Å². The van der Waals surface area contributed by atoms with E-state index < -0.39 is 10.8 Å². The molecule has 1 aromatic rings. The molecule has 0 heterocycles. The van der Waals surface area contributed by atoms with Gasteiger partial charge < -0.3 is 5.32 Å². The van der Waals surface area contributed by atoms with E-state index in [-0.39, 0.29) is 0 Å². The molecule has 1 fully saturated rings. The van der Waals surface area contributed by atoms with Crippen molar-refractivity contribution in [3.63, 3.8) is 0 Å². The minimum atomic E-state index is -0.617. The number of hydrogen-bond acceptors (Lipinski definition) is 2. The predicted molar refractivity (Wildman–Crippen MR) is 96.7 cm³/mol. The Morgan fingerprint density at radius 3 is 2.77 bits per heavy atom. The molecule has 1 aliphatic carbocycles. The van der Waals surface area contributed by atoms with Crippen LogP contribution in [-0.2, 0) is 17.2 Å². The summed E-state index contributed by atoms with van der Waals surface area (Å²) >= 11 is 0. The second kappa shape index (κ2) is 9.46.